The van der Waals surface area contributed by atoms with Crippen molar-refractivity contribution in [2.24, 2.45) is 0 Å². The van der Waals surface area contributed by atoms with Gasteiger partial charge >= 0.3 is 0 Å². The van der Waals surface area contributed by atoms with Crippen molar-refractivity contribution in [2.75, 3.05) is 11.8 Å². The third kappa shape index (κ3) is 6.02. The quantitative estimate of drug-likeness (QED) is 0.607. The first-order chi connectivity index (χ1) is 14.3. The maximum atomic E-state index is 13.3. The van der Waals surface area contributed by atoms with Crippen LogP contribution in [0.2, 0.25) is 0 Å². The van der Waals surface area contributed by atoms with Crippen molar-refractivity contribution in [1.29, 1.82) is 0 Å². The van der Waals surface area contributed by atoms with Crippen LogP contribution in [0.1, 0.15) is 21.5 Å². The van der Waals surface area contributed by atoms with Crippen molar-refractivity contribution >= 4 is 27.7 Å². The third-order valence-electron chi connectivity index (χ3n) is 4.29. The molecule has 0 atom stereocenters. The number of hydrogen-bond acceptors (Lipinski definition) is 3. The Morgan fingerprint density at radius 2 is 1.70 bits per heavy atom. The van der Waals surface area contributed by atoms with Crippen molar-refractivity contribution < 1.29 is 17.6 Å². The Morgan fingerprint density at radius 3 is 2.37 bits per heavy atom. The summed E-state index contributed by atoms with van der Waals surface area (Å²) in [6.45, 7) is 0.259. The van der Waals surface area contributed by atoms with E-state index in [4.69, 9.17) is 0 Å². The van der Waals surface area contributed by atoms with E-state index in [1.165, 1.54) is 35.2 Å². The Hall–Kier alpha value is -3.45. The number of carbonyl (C=O) groups is 1. The number of nitrogens with one attached hydrogen (secondary N) is 1. The molecule has 0 aromatic heterocycles. The van der Waals surface area contributed by atoms with Crippen molar-refractivity contribution in [1.82, 2.24) is 4.90 Å². The predicted octanol–water partition coefficient (Wildman–Crippen LogP) is 4.51. The fourth-order valence-corrected chi connectivity index (χ4v) is 3.68. The summed E-state index contributed by atoms with van der Waals surface area (Å²) >= 11 is 0. The molecule has 30 heavy (non-hydrogen) atoms. The average molecular weight is 424 g/mol. The molecule has 1 N–H and O–H groups in total. The van der Waals surface area contributed by atoms with Crippen LogP contribution in [0.5, 0.6) is 0 Å². The largest absolute Gasteiger partial charge is 0.337 e. The van der Waals surface area contributed by atoms with Crippen molar-refractivity contribution in [3.05, 3.63) is 107 Å². The number of amides is 1. The van der Waals surface area contributed by atoms with Gasteiger partial charge in [-0.2, -0.15) is 0 Å². The number of nitrogens with zero attached hydrogens (tertiary/aromatic N) is 1. The van der Waals surface area contributed by atoms with Crippen LogP contribution in [0.3, 0.4) is 0 Å². The zero-order chi connectivity index (χ0) is 21.6. The van der Waals surface area contributed by atoms with Crippen LogP contribution in [0.4, 0.5) is 10.1 Å². The standard InChI is InChI=1S/C23H21FN2O3S/c1-26(17-19-8-5-9-21(24)16-19)23(27)20-10-12-22(13-11-20)25-30(28,29)15-14-18-6-3-2-4-7-18/h2-16,25H,17H2,1H3/b15-14+. The molecule has 3 aromatic carbocycles. The Labute approximate surface area is 175 Å². The Kier molecular flexibility index (Phi) is 6.64. The zero-order valence-electron chi connectivity index (χ0n) is 16.3. The second kappa shape index (κ2) is 9.37. The number of halogens is 1. The molecule has 0 aliphatic rings. The normalized spacial score (nSPS) is 11.4. The van der Waals surface area contributed by atoms with Gasteiger partial charge in [-0.1, -0.05) is 42.5 Å². The van der Waals surface area contributed by atoms with E-state index < -0.39 is 10.0 Å². The summed E-state index contributed by atoms with van der Waals surface area (Å²) in [4.78, 5) is 14.0. The lowest BCUT2D eigenvalue weighted by Crippen LogP contribution is -2.26. The molecule has 0 saturated carbocycles. The molecule has 3 rings (SSSR count). The van der Waals surface area contributed by atoms with Crippen LogP contribution >= 0.6 is 0 Å². The van der Waals surface area contributed by atoms with E-state index in [9.17, 15) is 17.6 Å². The lowest BCUT2D eigenvalue weighted by molar-refractivity contribution is 0.0785. The number of rotatable bonds is 7. The van der Waals surface area contributed by atoms with Gasteiger partial charge in [0.1, 0.15) is 5.82 Å². The SMILES string of the molecule is CN(Cc1cccc(F)c1)C(=O)c1ccc(NS(=O)(=O)/C=C/c2ccccc2)cc1. The molecule has 0 aliphatic carbocycles. The van der Waals surface area contributed by atoms with Crippen LogP contribution in [0.25, 0.3) is 6.08 Å². The van der Waals surface area contributed by atoms with E-state index >= 15 is 0 Å². The second-order valence-corrected chi connectivity index (χ2v) is 8.30. The van der Waals surface area contributed by atoms with Crippen LogP contribution in [-0.2, 0) is 16.6 Å². The van der Waals surface area contributed by atoms with Gasteiger partial charge in [-0.25, -0.2) is 12.8 Å². The fraction of sp³-hybridized carbons (Fsp3) is 0.0870. The Balaban J connectivity index is 1.63. The molecule has 0 unspecified atom stereocenters. The topological polar surface area (TPSA) is 66.5 Å². The maximum absolute atomic E-state index is 13.3. The minimum atomic E-state index is -3.69. The molecule has 3 aromatic rings. The minimum absolute atomic E-state index is 0.252. The van der Waals surface area contributed by atoms with E-state index in [-0.39, 0.29) is 18.3 Å². The molecule has 1 amide bonds. The highest BCUT2D eigenvalue weighted by Crippen LogP contribution is 2.15. The highest BCUT2D eigenvalue weighted by Gasteiger charge is 2.13. The summed E-state index contributed by atoms with van der Waals surface area (Å²) in [6, 6.07) is 21.3. The molecule has 0 spiro atoms. The minimum Gasteiger partial charge on any atom is -0.337 e. The lowest BCUT2D eigenvalue weighted by atomic mass is 10.1. The predicted molar refractivity (Wildman–Crippen MR) is 117 cm³/mol. The molecule has 0 radical (unpaired) electrons. The van der Waals surface area contributed by atoms with Crippen molar-refractivity contribution in [3.63, 3.8) is 0 Å². The number of carbonyl (C=O) groups excluding carboxylic acids is 1. The Bertz CT molecular complexity index is 1140. The molecule has 5 nitrogen and oxygen atoms in total. The van der Waals surface area contributed by atoms with Gasteiger partial charge in [-0.15, -0.1) is 0 Å². The summed E-state index contributed by atoms with van der Waals surface area (Å²) in [5.41, 5.74) is 2.19. The highest BCUT2D eigenvalue weighted by molar-refractivity contribution is 7.95. The van der Waals surface area contributed by atoms with Gasteiger partial charge in [-0.3, -0.25) is 9.52 Å². The molecule has 154 valence electrons. The average Bonchev–Trinajstić information content (AvgIpc) is 2.73. The summed E-state index contributed by atoms with van der Waals surface area (Å²) in [5.74, 6) is -0.607. The van der Waals surface area contributed by atoms with Gasteiger partial charge in [0.2, 0.25) is 0 Å². The van der Waals surface area contributed by atoms with E-state index in [1.807, 2.05) is 18.2 Å². The maximum Gasteiger partial charge on any atom is 0.255 e. The molecule has 0 aliphatic heterocycles. The highest BCUT2D eigenvalue weighted by atomic mass is 32.2. The Morgan fingerprint density at radius 1 is 1.00 bits per heavy atom. The molecule has 0 saturated heterocycles. The second-order valence-electron chi connectivity index (χ2n) is 6.73. The van der Waals surface area contributed by atoms with E-state index in [1.54, 1.807) is 43.4 Å². The van der Waals surface area contributed by atoms with Crippen molar-refractivity contribution in [3.8, 4) is 0 Å². The monoisotopic (exact) mass is 424 g/mol. The molecular formula is C23H21FN2O3S. The van der Waals surface area contributed by atoms with Gasteiger partial charge in [0.05, 0.1) is 5.41 Å². The van der Waals surface area contributed by atoms with E-state index in [0.717, 1.165) is 11.0 Å². The number of hydrogen-bond donors (Lipinski definition) is 1. The summed E-state index contributed by atoms with van der Waals surface area (Å²) in [6.07, 6.45) is 1.50. The van der Waals surface area contributed by atoms with Crippen LogP contribution in [-0.4, -0.2) is 26.3 Å². The first-order valence-corrected chi connectivity index (χ1v) is 10.7. The van der Waals surface area contributed by atoms with Crippen molar-refractivity contribution in [2.45, 2.75) is 6.54 Å². The molecule has 0 bridgehead atoms. The smallest absolute Gasteiger partial charge is 0.255 e. The molecule has 0 heterocycles. The van der Waals surface area contributed by atoms with E-state index in [2.05, 4.69) is 4.72 Å². The van der Waals surface area contributed by atoms with Crippen LogP contribution in [0.15, 0.2) is 84.3 Å². The van der Waals surface area contributed by atoms with Crippen LogP contribution < -0.4 is 4.72 Å². The zero-order valence-corrected chi connectivity index (χ0v) is 17.1. The first-order valence-electron chi connectivity index (χ1n) is 9.18. The summed E-state index contributed by atoms with van der Waals surface area (Å²) in [7, 11) is -2.07. The third-order valence-corrected chi connectivity index (χ3v) is 5.30. The van der Waals surface area contributed by atoms with Crippen LogP contribution in [0, 0.1) is 5.82 Å². The number of sulfonamides is 1. The van der Waals surface area contributed by atoms with Gasteiger partial charge in [0, 0.05) is 24.8 Å². The van der Waals surface area contributed by atoms with Gasteiger partial charge in [0.15, 0.2) is 0 Å². The number of benzene rings is 3. The van der Waals surface area contributed by atoms with Gasteiger partial charge in [-0.05, 0) is 53.6 Å². The summed E-state index contributed by atoms with van der Waals surface area (Å²) < 4.78 is 40.2. The number of anilines is 1. The molecule has 0 fully saturated rings. The first kappa shape index (κ1) is 21.3. The molecular weight excluding hydrogens is 403 g/mol. The lowest BCUT2D eigenvalue weighted by Gasteiger charge is -2.17. The van der Waals surface area contributed by atoms with E-state index in [0.29, 0.717) is 16.8 Å². The molecule has 7 heteroatoms. The summed E-state index contributed by atoms with van der Waals surface area (Å²) in [5, 5.41) is 1.09. The fourth-order valence-electron chi connectivity index (χ4n) is 2.81. The van der Waals surface area contributed by atoms with Gasteiger partial charge in [0.25, 0.3) is 15.9 Å². The van der Waals surface area contributed by atoms with Gasteiger partial charge < -0.3 is 4.90 Å².